The first-order chi connectivity index (χ1) is 9.13. The molecule has 1 aliphatic rings. The minimum atomic E-state index is -0.392. The second kappa shape index (κ2) is 4.71. The molecule has 0 saturated carbocycles. The predicted octanol–water partition coefficient (Wildman–Crippen LogP) is 1.58. The first-order valence-corrected chi connectivity index (χ1v) is 6.15. The number of aliphatic hydroxyl groups is 1. The third-order valence-electron chi connectivity index (χ3n) is 3.28. The smallest absolute Gasteiger partial charge is 0.244 e. The van der Waals surface area contributed by atoms with E-state index >= 15 is 0 Å². The van der Waals surface area contributed by atoms with E-state index < -0.39 is 6.10 Å². The summed E-state index contributed by atoms with van der Waals surface area (Å²) in [6.45, 7) is 2.21. The summed E-state index contributed by atoms with van der Waals surface area (Å²) in [6.07, 6.45) is 0.154. The van der Waals surface area contributed by atoms with Gasteiger partial charge in [-0.1, -0.05) is 17.3 Å². The Morgan fingerprint density at radius 3 is 3.00 bits per heavy atom. The molecule has 2 N–H and O–H groups in total. The zero-order chi connectivity index (χ0) is 13.4. The molecule has 0 aliphatic carbocycles. The minimum absolute atomic E-state index is 0.133. The van der Waals surface area contributed by atoms with Gasteiger partial charge in [0, 0.05) is 12.1 Å². The van der Waals surface area contributed by atoms with Gasteiger partial charge in [0.2, 0.25) is 11.7 Å². The van der Waals surface area contributed by atoms with Gasteiger partial charge in [0.05, 0.1) is 12.1 Å². The zero-order valence-electron chi connectivity index (χ0n) is 10.4. The fourth-order valence-electron chi connectivity index (χ4n) is 2.13. The number of aliphatic hydroxyl groups excluding tert-OH is 1. The maximum Gasteiger partial charge on any atom is 0.244 e. The van der Waals surface area contributed by atoms with E-state index in [2.05, 4.69) is 15.5 Å². The monoisotopic (exact) mass is 263 g/mol. The lowest BCUT2D eigenvalue weighted by Crippen LogP contribution is -2.15. The highest BCUT2D eigenvalue weighted by Gasteiger charge is 2.28. The predicted molar refractivity (Wildman–Crippen MR) is 65.8 cm³/mol. The van der Waals surface area contributed by atoms with Crippen LogP contribution in [-0.2, 0) is 0 Å². The van der Waals surface area contributed by atoms with Crippen LogP contribution in [0.25, 0.3) is 11.4 Å². The van der Waals surface area contributed by atoms with E-state index in [4.69, 9.17) is 4.52 Å². The maximum absolute atomic E-state index is 13.5. The molecule has 1 aromatic carbocycles. The summed E-state index contributed by atoms with van der Waals surface area (Å²) in [4.78, 5) is 4.25. The highest BCUT2D eigenvalue weighted by molar-refractivity contribution is 5.55. The normalized spacial score (nSPS) is 22.9. The standard InChI is InChI=1S/C13H14FN3O2/c1-7-2-3-8(4-10(7)14)12-16-13(19-17-12)11-5-9(18)6-15-11/h2-4,9,11,15,18H,5-6H2,1H3/t9-,11-/m1/s1. The molecule has 0 amide bonds. The topological polar surface area (TPSA) is 71.2 Å². The van der Waals surface area contributed by atoms with Crippen LogP contribution in [0.2, 0.25) is 0 Å². The van der Waals surface area contributed by atoms with E-state index in [9.17, 15) is 9.50 Å². The van der Waals surface area contributed by atoms with Gasteiger partial charge in [0.1, 0.15) is 5.82 Å². The highest BCUT2D eigenvalue weighted by atomic mass is 19.1. The van der Waals surface area contributed by atoms with E-state index in [0.717, 1.165) is 0 Å². The van der Waals surface area contributed by atoms with Crippen molar-refractivity contribution in [2.75, 3.05) is 6.54 Å². The molecule has 5 nitrogen and oxygen atoms in total. The van der Waals surface area contributed by atoms with Crippen LogP contribution in [0, 0.1) is 12.7 Å². The number of benzene rings is 1. The van der Waals surface area contributed by atoms with Crippen molar-refractivity contribution in [1.82, 2.24) is 15.5 Å². The maximum atomic E-state index is 13.5. The Morgan fingerprint density at radius 2 is 2.32 bits per heavy atom. The first-order valence-electron chi connectivity index (χ1n) is 6.15. The van der Waals surface area contributed by atoms with Gasteiger partial charge in [0.15, 0.2) is 0 Å². The number of hydrogen-bond donors (Lipinski definition) is 2. The van der Waals surface area contributed by atoms with Gasteiger partial charge in [-0.25, -0.2) is 4.39 Å². The van der Waals surface area contributed by atoms with Gasteiger partial charge < -0.3 is 14.9 Å². The van der Waals surface area contributed by atoms with Gasteiger partial charge in [-0.15, -0.1) is 0 Å². The summed E-state index contributed by atoms with van der Waals surface area (Å²) in [6, 6.07) is 4.69. The molecule has 2 aromatic rings. The molecule has 0 unspecified atom stereocenters. The highest BCUT2D eigenvalue weighted by Crippen LogP contribution is 2.25. The van der Waals surface area contributed by atoms with Gasteiger partial charge >= 0.3 is 0 Å². The van der Waals surface area contributed by atoms with Crippen molar-refractivity contribution in [3.05, 3.63) is 35.5 Å². The van der Waals surface area contributed by atoms with Crippen molar-refractivity contribution in [2.24, 2.45) is 0 Å². The molecular formula is C13H14FN3O2. The number of halogens is 1. The van der Waals surface area contributed by atoms with E-state index in [0.29, 0.717) is 35.8 Å². The van der Waals surface area contributed by atoms with E-state index in [1.54, 1.807) is 19.1 Å². The molecule has 2 heterocycles. The summed E-state index contributed by atoms with van der Waals surface area (Å²) >= 11 is 0. The third kappa shape index (κ3) is 2.36. The SMILES string of the molecule is Cc1ccc(-c2noc([C@H]3C[C@@H](O)CN3)n2)cc1F. The molecule has 1 saturated heterocycles. The van der Waals surface area contributed by atoms with Crippen LogP contribution in [0.3, 0.4) is 0 Å². The number of nitrogens with zero attached hydrogens (tertiary/aromatic N) is 2. The molecule has 2 atom stereocenters. The van der Waals surface area contributed by atoms with Crippen molar-refractivity contribution in [1.29, 1.82) is 0 Å². The summed E-state index contributed by atoms with van der Waals surface area (Å²) in [5.41, 5.74) is 1.16. The number of aromatic nitrogens is 2. The van der Waals surface area contributed by atoms with Crippen LogP contribution in [-0.4, -0.2) is 27.9 Å². The van der Waals surface area contributed by atoms with Crippen molar-refractivity contribution in [2.45, 2.75) is 25.5 Å². The third-order valence-corrected chi connectivity index (χ3v) is 3.28. The molecular weight excluding hydrogens is 249 g/mol. The molecule has 100 valence electrons. The number of hydrogen-bond acceptors (Lipinski definition) is 5. The summed E-state index contributed by atoms with van der Waals surface area (Å²) < 4.78 is 18.7. The van der Waals surface area contributed by atoms with E-state index in [1.807, 2.05) is 0 Å². The second-order valence-electron chi connectivity index (χ2n) is 4.77. The lowest BCUT2D eigenvalue weighted by molar-refractivity contribution is 0.191. The average molecular weight is 263 g/mol. The van der Waals surface area contributed by atoms with Crippen LogP contribution in [0.4, 0.5) is 4.39 Å². The summed E-state index contributed by atoms with van der Waals surface area (Å²) in [5.74, 6) is 0.489. The van der Waals surface area contributed by atoms with Crippen LogP contribution in [0.15, 0.2) is 22.7 Å². The van der Waals surface area contributed by atoms with Crippen LogP contribution < -0.4 is 5.32 Å². The Morgan fingerprint density at radius 1 is 1.47 bits per heavy atom. The van der Waals surface area contributed by atoms with Crippen LogP contribution in [0.5, 0.6) is 0 Å². The number of β-amino-alcohol motifs (C(OH)–C–C–N with tert-alkyl or cyclic N) is 1. The van der Waals surface area contributed by atoms with Crippen molar-refractivity contribution in [3.63, 3.8) is 0 Å². The fourth-order valence-corrected chi connectivity index (χ4v) is 2.13. The van der Waals surface area contributed by atoms with E-state index in [-0.39, 0.29) is 11.9 Å². The molecule has 0 radical (unpaired) electrons. The summed E-state index contributed by atoms with van der Waals surface area (Å²) in [7, 11) is 0. The van der Waals surface area contributed by atoms with Crippen molar-refractivity contribution < 1.29 is 14.0 Å². The molecule has 0 bridgehead atoms. The first kappa shape index (κ1) is 12.3. The van der Waals surface area contributed by atoms with Gasteiger partial charge in [-0.3, -0.25) is 0 Å². The second-order valence-corrected chi connectivity index (χ2v) is 4.77. The Labute approximate surface area is 109 Å². The molecule has 3 rings (SSSR count). The lowest BCUT2D eigenvalue weighted by atomic mass is 10.1. The fraction of sp³-hybridized carbons (Fsp3) is 0.385. The van der Waals surface area contributed by atoms with Crippen molar-refractivity contribution >= 4 is 0 Å². The average Bonchev–Trinajstić information content (AvgIpc) is 3.01. The Kier molecular flexibility index (Phi) is 3.04. The zero-order valence-corrected chi connectivity index (χ0v) is 10.4. The van der Waals surface area contributed by atoms with Gasteiger partial charge in [-0.05, 0) is 25.0 Å². The quantitative estimate of drug-likeness (QED) is 0.860. The number of aryl methyl sites for hydroxylation is 1. The largest absolute Gasteiger partial charge is 0.392 e. The Hall–Kier alpha value is -1.79. The van der Waals surface area contributed by atoms with E-state index in [1.165, 1.54) is 6.07 Å². The molecule has 1 aromatic heterocycles. The van der Waals surface area contributed by atoms with Gasteiger partial charge in [-0.2, -0.15) is 4.98 Å². The molecule has 0 spiro atoms. The molecule has 19 heavy (non-hydrogen) atoms. The van der Waals surface area contributed by atoms with Crippen LogP contribution in [0.1, 0.15) is 23.9 Å². The summed E-state index contributed by atoms with van der Waals surface area (Å²) in [5, 5.41) is 16.4. The number of rotatable bonds is 2. The number of nitrogens with one attached hydrogen (secondary N) is 1. The van der Waals surface area contributed by atoms with Gasteiger partial charge in [0.25, 0.3) is 0 Å². The minimum Gasteiger partial charge on any atom is -0.392 e. The van der Waals surface area contributed by atoms with Crippen LogP contribution >= 0.6 is 0 Å². The Bertz CT molecular complexity index is 599. The lowest BCUT2D eigenvalue weighted by Gasteiger charge is -2.01. The Balaban J connectivity index is 1.86. The van der Waals surface area contributed by atoms with Crippen molar-refractivity contribution in [3.8, 4) is 11.4 Å². The molecule has 1 aliphatic heterocycles. The molecule has 6 heteroatoms. The molecule has 1 fully saturated rings.